The van der Waals surface area contributed by atoms with E-state index in [1.165, 1.54) is 12.1 Å². The van der Waals surface area contributed by atoms with E-state index in [2.05, 4.69) is 15.3 Å². The lowest BCUT2D eigenvalue weighted by molar-refractivity contribution is -0.211. The molecule has 1 heterocycles. The highest BCUT2D eigenvalue weighted by Crippen LogP contribution is 2.35. The van der Waals surface area contributed by atoms with Gasteiger partial charge in [-0.3, -0.25) is 19.4 Å². The molecular weight excluding hydrogens is 503 g/mol. The Labute approximate surface area is 207 Å². The fraction of sp³-hybridized carbons (Fsp3) is 0.409. The van der Waals surface area contributed by atoms with Crippen molar-refractivity contribution in [1.82, 2.24) is 15.3 Å². The van der Waals surface area contributed by atoms with E-state index < -0.39 is 54.1 Å². The zero-order chi connectivity index (χ0) is 27.9. The van der Waals surface area contributed by atoms with Gasteiger partial charge in [0, 0.05) is 17.9 Å². The van der Waals surface area contributed by atoms with Gasteiger partial charge in [0.2, 0.25) is 5.95 Å². The van der Waals surface area contributed by atoms with Crippen LogP contribution in [0.2, 0.25) is 0 Å². The number of nitrogens with zero attached hydrogens (tertiary/aromatic N) is 1. The van der Waals surface area contributed by atoms with Crippen LogP contribution in [0.25, 0.3) is 0 Å². The summed E-state index contributed by atoms with van der Waals surface area (Å²) in [4.78, 5) is 52.3. The van der Waals surface area contributed by atoms with Crippen LogP contribution in [0, 0.1) is 0 Å². The van der Waals surface area contributed by atoms with Crippen molar-refractivity contribution in [2.45, 2.75) is 56.3 Å². The molecule has 2 aromatic rings. The molecule has 0 saturated carbocycles. The molecule has 9 N–H and O–H groups in total. The van der Waals surface area contributed by atoms with Crippen LogP contribution in [0.15, 0.2) is 29.1 Å². The number of aliphatic hydroxyl groups excluding tert-OH is 1. The largest absolute Gasteiger partial charge is 0.481 e. The predicted octanol–water partition coefficient (Wildman–Crippen LogP) is 1.01. The number of alkyl halides is 3. The number of hydrogen-bond acceptors (Lipinski definition) is 8. The number of nitrogens with two attached hydrogens (primary N) is 2. The number of carbonyl (C=O) groups excluding carboxylic acids is 1. The van der Waals surface area contributed by atoms with Gasteiger partial charge in [0.05, 0.1) is 5.56 Å². The molecule has 12 nitrogen and oxygen atoms in total. The zero-order valence-electron chi connectivity index (χ0n) is 19.3. The Morgan fingerprint density at radius 3 is 2.22 bits per heavy atom. The molecule has 1 amide bonds. The number of carboxylic acids is 2. The molecule has 0 spiro atoms. The predicted molar refractivity (Wildman–Crippen MR) is 124 cm³/mol. The summed E-state index contributed by atoms with van der Waals surface area (Å²) in [5.41, 5.74) is 10.4. The summed E-state index contributed by atoms with van der Waals surface area (Å²) < 4.78 is 40.1. The molecule has 37 heavy (non-hydrogen) atoms. The van der Waals surface area contributed by atoms with Gasteiger partial charge in [-0.05, 0) is 43.4 Å². The highest BCUT2D eigenvalue weighted by Gasteiger charge is 2.43. The van der Waals surface area contributed by atoms with E-state index in [4.69, 9.17) is 21.7 Å². The van der Waals surface area contributed by atoms with Crippen LogP contribution in [0.5, 0.6) is 0 Å². The van der Waals surface area contributed by atoms with Crippen LogP contribution in [0.1, 0.15) is 53.1 Å². The first-order chi connectivity index (χ1) is 17.2. The van der Waals surface area contributed by atoms with Crippen LogP contribution < -0.4 is 22.3 Å². The maximum atomic E-state index is 13.4. The molecule has 1 aromatic heterocycles. The molecule has 2 rings (SSSR count). The summed E-state index contributed by atoms with van der Waals surface area (Å²) in [7, 11) is 0. The van der Waals surface area contributed by atoms with E-state index in [9.17, 15) is 37.5 Å². The van der Waals surface area contributed by atoms with E-state index in [1.54, 1.807) is 0 Å². The van der Waals surface area contributed by atoms with Gasteiger partial charge in [-0.1, -0.05) is 12.1 Å². The number of aliphatic carboxylic acids is 2. The number of rotatable bonds is 12. The Morgan fingerprint density at radius 2 is 1.70 bits per heavy atom. The number of nitrogen functional groups attached to an aromatic ring is 2. The maximum Gasteiger partial charge on any atom is 0.414 e. The van der Waals surface area contributed by atoms with Gasteiger partial charge in [0.25, 0.3) is 11.5 Å². The lowest BCUT2D eigenvalue weighted by atomic mass is 9.87. The molecule has 0 bridgehead atoms. The van der Waals surface area contributed by atoms with Crippen molar-refractivity contribution in [3.8, 4) is 0 Å². The van der Waals surface area contributed by atoms with Crippen molar-refractivity contribution in [3.05, 3.63) is 51.3 Å². The van der Waals surface area contributed by atoms with Gasteiger partial charge >= 0.3 is 18.1 Å². The Kier molecular flexibility index (Phi) is 9.60. The molecule has 0 aliphatic heterocycles. The van der Waals surface area contributed by atoms with Gasteiger partial charge in [0.1, 0.15) is 11.9 Å². The number of aromatic nitrogens is 2. The van der Waals surface area contributed by atoms with Gasteiger partial charge in [-0.2, -0.15) is 18.2 Å². The molecule has 2 unspecified atom stereocenters. The minimum absolute atomic E-state index is 0.0167. The van der Waals surface area contributed by atoms with Crippen LogP contribution in [0.4, 0.5) is 24.9 Å². The van der Waals surface area contributed by atoms with Gasteiger partial charge in [-0.25, -0.2) is 4.79 Å². The number of carbonyl (C=O) groups is 3. The molecule has 0 saturated heterocycles. The molecule has 15 heteroatoms. The molecule has 1 aromatic carbocycles. The second kappa shape index (κ2) is 12.2. The highest BCUT2D eigenvalue weighted by molar-refractivity contribution is 5.96. The molecule has 202 valence electrons. The number of carboxylic acid groups (broad SMARTS) is 2. The number of hydrogen-bond donors (Lipinski definition) is 7. The number of nitrogens with one attached hydrogen (secondary N) is 2. The first-order valence-electron chi connectivity index (χ1n) is 10.9. The maximum absolute atomic E-state index is 13.4. The Morgan fingerprint density at radius 1 is 1.08 bits per heavy atom. The average molecular weight is 529 g/mol. The Balaban J connectivity index is 2.18. The number of benzene rings is 1. The summed E-state index contributed by atoms with van der Waals surface area (Å²) in [5, 5.41) is 30.0. The van der Waals surface area contributed by atoms with Crippen molar-refractivity contribution in [3.63, 3.8) is 0 Å². The number of H-pyrrole nitrogens is 1. The smallest absolute Gasteiger partial charge is 0.414 e. The van der Waals surface area contributed by atoms with Gasteiger partial charge in [-0.15, -0.1) is 0 Å². The molecular formula is C22H26F3N5O7. The monoisotopic (exact) mass is 529 g/mol. The molecule has 0 radical (unpaired) electrons. The molecule has 0 fully saturated rings. The van der Waals surface area contributed by atoms with Crippen LogP contribution in [-0.4, -0.2) is 61.5 Å². The molecule has 0 aliphatic carbocycles. The number of anilines is 2. The standard InChI is InChI=1S/C22H26F3N5O7/c23-22(24,25)16(33)12(2-1-3-13-17(26)29-21(27)30-19(13)35)10-4-6-11(7-5-10)18(34)28-14(20(36)37)8-9-15(31)32/h4-7,12,14,16,33H,1-3,8-9H2,(H,28,34)(H,31,32)(H,36,37)(H5,26,27,29,30,35)/t12?,14-,16?/m0/s1. The van der Waals surface area contributed by atoms with Crippen LogP contribution in [0.3, 0.4) is 0 Å². The Hall–Kier alpha value is -4.14. The second-order valence-electron chi connectivity index (χ2n) is 8.22. The number of aliphatic hydroxyl groups is 1. The summed E-state index contributed by atoms with van der Waals surface area (Å²) in [5.74, 6) is -5.40. The van der Waals surface area contributed by atoms with Crippen molar-refractivity contribution in [2.75, 3.05) is 11.5 Å². The zero-order valence-corrected chi connectivity index (χ0v) is 19.3. The third-order valence-electron chi connectivity index (χ3n) is 5.58. The summed E-state index contributed by atoms with van der Waals surface area (Å²) >= 11 is 0. The minimum Gasteiger partial charge on any atom is -0.481 e. The minimum atomic E-state index is -4.96. The van der Waals surface area contributed by atoms with Crippen molar-refractivity contribution in [1.29, 1.82) is 0 Å². The van der Waals surface area contributed by atoms with E-state index in [0.29, 0.717) is 0 Å². The third-order valence-corrected chi connectivity index (χ3v) is 5.58. The van der Waals surface area contributed by atoms with Gasteiger partial charge in [0.15, 0.2) is 6.10 Å². The van der Waals surface area contributed by atoms with Crippen LogP contribution in [-0.2, 0) is 16.0 Å². The van der Waals surface area contributed by atoms with E-state index in [-0.39, 0.29) is 54.1 Å². The fourth-order valence-electron chi connectivity index (χ4n) is 3.66. The van der Waals surface area contributed by atoms with Gasteiger partial charge < -0.3 is 32.1 Å². The van der Waals surface area contributed by atoms with Crippen LogP contribution >= 0.6 is 0 Å². The number of aromatic amines is 1. The SMILES string of the molecule is Nc1nc(N)c(CCCC(c2ccc(C(=O)N[C@@H](CCC(=O)O)C(=O)O)cc2)C(O)C(F)(F)F)c(=O)[nH]1. The summed E-state index contributed by atoms with van der Waals surface area (Å²) in [6, 6.07) is 3.20. The lowest BCUT2D eigenvalue weighted by Gasteiger charge is -2.25. The first-order valence-corrected chi connectivity index (χ1v) is 10.9. The van der Waals surface area contributed by atoms with E-state index >= 15 is 0 Å². The topological polar surface area (TPSA) is 222 Å². The lowest BCUT2D eigenvalue weighted by Crippen LogP contribution is -2.41. The van der Waals surface area contributed by atoms with E-state index in [1.807, 2.05) is 0 Å². The second-order valence-corrected chi connectivity index (χ2v) is 8.22. The third kappa shape index (κ3) is 8.20. The quantitative estimate of drug-likeness (QED) is 0.207. The Bertz CT molecular complexity index is 1180. The van der Waals surface area contributed by atoms with Crippen molar-refractivity contribution in [2.24, 2.45) is 0 Å². The fourth-order valence-corrected chi connectivity index (χ4v) is 3.66. The summed E-state index contributed by atoms with van der Waals surface area (Å²) in [6.07, 6.45) is -8.82. The number of amides is 1. The molecule has 0 aliphatic rings. The molecule has 3 atom stereocenters. The van der Waals surface area contributed by atoms with Crippen molar-refractivity contribution < 1.29 is 42.9 Å². The summed E-state index contributed by atoms with van der Waals surface area (Å²) in [6.45, 7) is 0. The van der Waals surface area contributed by atoms with E-state index in [0.717, 1.165) is 12.1 Å². The average Bonchev–Trinajstić information content (AvgIpc) is 2.79. The normalized spacial score (nSPS) is 13.9. The first kappa shape index (κ1) is 29.1. The number of halogens is 3. The highest BCUT2D eigenvalue weighted by atomic mass is 19.4. The van der Waals surface area contributed by atoms with Crippen molar-refractivity contribution >= 4 is 29.6 Å².